The summed E-state index contributed by atoms with van der Waals surface area (Å²) in [6.07, 6.45) is 1.53. The van der Waals surface area contributed by atoms with Gasteiger partial charge in [-0.05, 0) is 76.1 Å². The Bertz CT molecular complexity index is 1450. The fraction of sp³-hybridized carbons (Fsp3) is 0.321. The summed E-state index contributed by atoms with van der Waals surface area (Å²) in [5.74, 6) is 1.01. The van der Waals surface area contributed by atoms with Gasteiger partial charge in [-0.1, -0.05) is 35.6 Å². The summed E-state index contributed by atoms with van der Waals surface area (Å²) in [4.78, 5) is 32.0. The van der Waals surface area contributed by atoms with Crippen LogP contribution in [0.3, 0.4) is 0 Å². The molecule has 1 atom stereocenters. The second kappa shape index (κ2) is 11.0. The van der Waals surface area contributed by atoms with Crippen LogP contribution in [0.5, 0.6) is 11.5 Å². The molecule has 0 saturated carbocycles. The molecule has 1 aliphatic rings. The molecule has 0 bridgehead atoms. The molecule has 0 aliphatic carbocycles. The summed E-state index contributed by atoms with van der Waals surface area (Å²) in [6, 6.07) is 14.3. The third kappa shape index (κ3) is 5.28. The standard InChI is InChI=1S/C28H30N2O5S/c1-6-33-21-12-8-19(9-13-21)16-23-26(31)30-25(20-10-14-22(15-11-20)34-7-2)24(27(32)35-17(3)4)18(5)29-28(30)36-23/h8-17,25H,6-7H2,1-5H3/b23-16+/t25-/m0/s1. The van der Waals surface area contributed by atoms with E-state index in [1.807, 2.05) is 68.5 Å². The second-order valence-electron chi connectivity index (χ2n) is 8.54. The number of benzene rings is 2. The lowest BCUT2D eigenvalue weighted by Crippen LogP contribution is -2.40. The number of ether oxygens (including phenoxy) is 3. The Morgan fingerprint density at radius 1 is 1.03 bits per heavy atom. The fourth-order valence-electron chi connectivity index (χ4n) is 4.07. The number of aromatic nitrogens is 1. The highest BCUT2D eigenvalue weighted by Crippen LogP contribution is 2.32. The van der Waals surface area contributed by atoms with Crippen LogP contribution in [0.4, 0.5) is 0 Å². The SMILES string of the molecule is CCOc1ccc(/C=c2/sc3n(c2=O)[C@@H](c2ccc(OCC)cc2)C(C(=O)OC(C)C)=C(C)N=3)cc1. The van der Waals surface area contributed by atoms with Crippen molar-refractivity contribution in [3.8, 4) is 11.5 Å². The first-order valence-electron chi connectivity index (χ1n) is 12.0. The highest BCUT2D eigenvalue weighted by atomic mass is 32.1. The van der Waals surface area contributed by atoms with Gasteiger partial charge in [0.15, 0.2) is 4.80 Å². The summed E-state index contributed by atoms with van der Waals surface area (Å²) < 4.78 is 18.8. The van der Waals surface area contributed by atoms with E-state index in [0.29, 0.717) is 33.8 Å². The summed E-state index contributed by atoms with van der Waals surface area (Å²) >= 11 is 1.30. The summed E-state index contributed by atoms with van der Waals surface area (Å²) in [6.45, 7) is 10.4. The average Bonchev–Trinajstić information content (AvgIpc) is 3.14. The Labute approximate surface area is 214 Å². The molecule has 0 spiro atoms. The molecule has 188 valence electrons. The molecular formula is C28H30N2O5S. The first kappa shape index (κ1) is 25.4. The van der Waals surface area contributed by atoms with Gasteiger partial charge in [-0.3, -0.25) is 9.36 Å². The number of allylic oxidation sites excluding steroid dienone is 1. The molecule has 8 heteroatoms. The monoisotopic (exact) mass is 506 g/mol. The number of carbonyl (C=O) groups is 1. The number of rotatable bonds is 8. The normalized spacial score (nSPS) is 15.5. The third-order valence-electron chi connectivity index (χ3n) is 5.58. The molecule has 7 nitrogen and oxygen atoms in total. The quantitative estimate of drug-likeness (QED) is 0.432. The van der Waals surface area contributed by atoms with E-state index in [-0.39, 0.29) is 11.7 Å². The van der Waals surface area contributed by atoms with Crippen molar-refractivity contribution in [3.05, 3.63) is 90.6 Å². The van der Waals surface area contributed by atoms with Gasteiger partial charge in [-0.25, -0.2) is 9.79 Å². The van der Waals surface area contributed by atoms with Gasteiger partial charge in [0.05, 0.1) is 41.2 Å². The zero-order valence-corrected chi connectivity index (χ0v) is 21.9. The minimum atomic E-state index is -0.661. The molecule has 0 N–H and O–H groups in total. The van der Waals surface area contributed by atoms with Gasteiger partial charge in [0.2, 0.25) is 0 Å². The lowest BCUT2D eigenvalue weighted by atomic mass is 9.96. The Balaban J connectivity index is 1.85. The van der Waals surface area contributed by atoms with Crippen LogP contribution >= 0.6 is 11.3 Å². The van der Waals surface area contributed by atoms with Crippen molar-refractivity contribution in [2.75, 3.05) is 13.2 Å². The van der Waals surface area contributed by atoms with E-state index in [0.717, 1.165) is 22.6 Å². The highest BCUT2D eigenvalue weighted by molar-refractivity contribution is 7.07. The zero-order valence-electron chi connectivity index (χ0n) is 21.1. The van der Waals surface area contributed by atoms with Crippen LogP contribution in [0.15, 0.2) is 69.6 Å². The number of thiazole rings is 1. The van der Waals surface area contributed by atoms with Crippen LogP contribution in [0.25, 0.3) is 6.08 Å². The number of esters is 1. The lowest BCUT2D eigenvalue weighted by Gasteiger charge is -2.25. The highest BCUT2D eigenvalue weighted by Gasteiger charge is 2.33. The van der Waals surface area contributed by atoms with Crippen molar-refractivity contribution in [2.24, 2.45) is 4.99 Å². The van der Waals surface area contributed by atoms with Gasteiger partial charge in [-0.2, -0.15) is 0 Å². The van der Waals surface area contributed by atoms with E-state index < -0.39 is 12.0 Å². The van der Waals surface area contributed by atoms with Crippen LogP contribution in [0, 0.1) is 0 Å². The summed E-state index contributed by atoms with van der Waals surface area (Å²) in [5.41, 5.74) is 2.32. The minimum Gasteiger partial charge on any atom is -0.494 e. The molecule has 3 aromatic rings. The van der Waals surface area contributed by atoms with Crippen molar-refractivity contribution in [3.63, 3.8) is 0 Å². The first-order chi connectivity index (χ1) is 17.3. The van der Waals surface area contributed by atoms with Gasteiger partial charge in [0, 0.05) is 0 Å². The van der Waals surface area contributed by atoms with Crippen LogP contribution < -0.4 is 24.4 Å². The average molecular weight is 507 g/mol. The summed E-state index contributed by atoms with van der Waals surface area (Å²) in [5, 5.41) is 0. The molecular weight excluding hydrogens is 476 g/mol. The van der Waals surface area contributed by atoms with E-state index in [2.05, 4.69) is 4.99 Å². The molecule has 36 heavy (non-hydrogen) atoms. The minimum absolute atomic E-state index is 0.214. The fourth-order valence-corrected chi connectivity index (χ4v) is 5.11. The summed E-state index contributed by atoms with van der Waals surface area (Å²) in [7, 11) is 0. The lowest BCUT2D eigenvalue weighted by molar-refractivity contribution is -0.143. The van der Waals surface area contributed by atoms with Gasteiger partial charge in [-0.15, -0.1) is 0 Å². The van der Waals surface area contributed by atoms with Gasteiger partial charge >= 0.3 is 5.97 Å². The maximum atomic E-state index is 13.7. The van der Waals surface area contributed by atoms with Crippen LogP contribution in [0.1, 0.15) is 51.8 Å². The van der Waals surface area contributed by atoms with Crippen LogP contribution in [0.2, 0.25) is 0 Å². The van der Waals surface area contributed by atoms with E-state index in [1.165, 1.54) is 11.3 Å². The largest absolute Gasteiger partial charge is 0.494 e. The number of hydrogen-bond donors (Lipinski definition) is 0. The molecule has 2 heterocycles. The van der Waals surface area contributed by atoms with E-state index in [4.69, 9.17) is 14.2 Å². The predicted molar refractivity (Wildman–Crippen MR) is 140 cm³/mol. The molecule has 0 fully saturated rings. The van der Waals surface area contributed by atoms with Crippen molar-refractivity contribution in [1.29, 1.82) is 0 Å². The Kier molecular flexibility index (Phi) is 7.74. The smallest absolute Gasteiger partial charge is 0.338 e. The second-order valence-corrected chi connectivity index (χ2v) is 9.55. The van der Waals surface area contributed by atoms with E-state index in [1.54, 1.807) is 25.3 Å². The first-order valence-corrected chi connectivity index (χ1v) is 12.8. The molecule has 0 radical (unpaired) electrons. The predicted octanol–water partition coefficient (Wildman–Crippen LogP) is 3.98. The van der Waals surface area contributed by atoms with Crippen molar-refractivity contribution < 1.29 is 19.0 Å². The van der Waals surface area contributed by atoms with Crippen LogP contribution in [-0.4, -0.2) is 29.9 Å². The molecule has 4 rings (SSSR count). The molecule has 2 aromatic carbocycles. The van der Waals surface area contributed by atoms with Crippen molar-refractivity contribution >= 4 is 23.4 Å². The molecule has 1 aromatic heterocycles. The number of hydrogen-bond acceptors (Lipinski definition) is 7. The van der Waals surface area contributed by atoms with Crippen LogP contribution in [-0.2, 0) is 9.53 Å². The van der Waals surface area contributed by atoms with Gasteiger partial charge in [0.1, 0.15) is 11.5 Å². The Hall–Kier alpha value is -3.65. The molecule has 0 unspecified atom stereocenters. The Morgan fingerprint density at radius 2 is 1.61 bits per heavy atom. The Morgan fingerprint density at radius 3 is 2.17 bits per heavy atom. The molecule has 1 aliphatic heterocycles. The third-order valence-corrected chi connectivity index (χ3v) is 6.56. The van der Waals surface area contributed by atoms with Crippen molar-refractivity contribution in [1.82, 2.24) is 4.57 Å². The molecule has 0 amide bonds. The number of carbonyl (C=O) groups excluding carboxylic acids is 1. The van der Waals surface area contributed by atoms with E-state index in [9.17, 15) is 9.59 Å². The number of fused-ring (bicyclic) bond motifs is 1. The molecule has 0 saturated heterocycles. The van der Waals surface area contributed by atoms with E-state index >= 15 is 0 Å². The van der Waals surface area contributed by atoms with Gasteiger partial charge < -0.3 is 14.2 Å². The van der Waals surface area contributed by atoms with Gasteiger partial charge in [0.25, 0.3) is 5.56 Å². The number of nitrogens with zero attached hydrogens (tertiary/aromatic N) is 2. The maximum Gasteiger partial charge on any atom is 0.338 e. The topological polar surface area (TPSA) is 79.1 Å². The van der Waals surface area contributed by atoms with Crippen molar-refractivity contribution in [2.45, 2.75) is 46.8 Å². The maximum absolute atomic E-state index is 13.7. The zero-order chi connectivity index (χ0) is 25.8.